The fourth-order valence-electron chi connectivity index (χ4n) is 6.79. The number of aromatic nitrogens is 3. The normalized spacial score (nSPS) is 23.5. The number of rotatable bonds is 0. The Morgan fingerprint density at radius 2 is 0.750 bits per heavy atom. The van der Waals surface area contributed by atoms with Gasteiger partial charge in [0.25, 0.3) is 17.7 Å². The monoisotopic (exact) mass is 651 g/mol. The van der Waals surface area contributed by atoms with Crippen LogP contribution >= 0.6 is 0 Å². The van der Waals surface area contributed by atoms with Gasteiger partial charge in [0.2, 0.25) is 17.7 Å². The molecule has 7 rings (SSSR count). The molecule has 3 fully saturated rings. The summed E-state index contributed by atoms with van der Waals surface area (Å²) in [6.07, 6.45) is 3.02. The molecule has 15 heteroatoms. The third kappa shape index (κ3) is 5.94. The van der Waals surface area contributed by atoms with Crippen molar-refractivity contribution in [1.29, 1.82) is 0 Å². The maximum atomic E-state index is 13.6. The van der Waals surface area contributed by atoms with E-state index in [-0.39, 0.29) is 34.5 Å². The molecule has 3 N–H and O–H groups in total. The summed E-state index contributed by atoms with van der Waals surface area (Å²) in [4.78, 5) is 98.5. The predicted molar refractivity (Wildman–Crippen MR) is 171 cm³/mol. The fourth-order valence-corrected chi connectivity index (χ4v) is 6.79. The molecule has 246 valence electrons. The average Bonchev–Trinajstić information content (AvgIpc) is 3.89. The predicted octanol–water partition coefficient (Wildman–Crippen LogP) is 1.91. The van der Waals surface area contributed by atoms with Gasteiger partial charge in [-0.2, -0.15) is 0 Å². The van der Waals surface area contributed by atoms with Crippen molar-refractivity contribution >= 4 is 52.9 Å². The molecule has 3 atom stereocenters. The van der Waals surface area contributed by atoms with Crippen LogP contribution in [-0.4, -0.2) is 103 Å². The van der Waals surface area contributed by atoms with Gasteiger partial charge in [0.15, 0.2) is 0 Å². The molecule has 0 aliphatic carbocycles. The van der Waals surface area contributed by atoms with Crippen molar-refractivity contribution in [3.8, 4) is 0 Å². The van der Waals surface area contributed by atoms with Crippen LogP contribution in [0.4, 0.5) is 17.5 Å². The Balaban J connectivity index is 1.23. The Bertz CT molecular complexity index is 1620. The highest BCUT2D eigenvalue weighted by Gasteiger charge is 2.39. The zero-order valence-corrected chi connectivity index (χ0v) is 25.9. The van der Waals surface area contributed by atoms with Crippen LogP contribution in [0, 0.1) is 0 Å². The SMILES string of the molecule is O=C1Nc2cccc(n2)C(=O)N2CCC[C@H]2C(=O)Nc2cccc(n2)C(=O)N2CCC[C@H]2C(=O)Nc2cccc(n2)C(=O)N2CCC[C@@H]12. The lowest BCUT2D eigenvalue weighted by Gasteiger charge is -2.25. The Kier molecular flexibility index (Phi) is 8.25. The first-order chi connectivity index (χ1) is 23.3. The molecule has 3 saturated heterocycles. The van der Waals surface area contributed by atoms with Gasteiger partial charge in [-0.1, -0.05) is 18.2 Å². The summed E-state index contributed by atoms with van der Waals surface area (Å²) in [6.45, 7) is 0.982. The number of fused-ring (bicyclic) bond motifs is 9. The van der Waals surface area contributed by atoms with Gasteiger partial charge in [0.05, 0.1) is 0 Å². The Labute approximate surface area is 275 Å². The van der Waals surface area contributed by atoms with Crippen LogP contribution in [0.2, 0.25) is 0 Å². The number of carbonyl (C=O) groups excluding carboxylic acids is 6. The first-order valence-corrected chi connectivity index (χ1v) is 16.0. The topological polar surface area (TPSA) is 187 Å². The second-order valence-corrected chi connectivity index (χ2v) is 12.2. The van der Waals surface area contributed by atoms with Gasteiger partial charge in [0.1, 0.15) is 52.7 Å². The summed E-state index contributed by atoms with van der Waals surface area (Å²) < 4.78 is 0. The molecule has 6 bridgehead atoms. The summed E-state index contributed by atoms with van der Waals surface area (Å²) in [5.74, 6) is -2.41. The zero-order valence-electron chi connectivity index (χ0n) is 25.9. The van der Waals surface area contributed by atoms with Crippen LogP contribution in [0.15, 0.2) is 54.6 Å². The molecule has 3 aromatic rings. The van der Waals surface area contributed by atoms with E-state index in [0.29, 0.717) is 58.2 Å². The minimum atomic E-state index is -0.806. The summed E-state index contributed by atoms with van der Waals surface area (Å²) in [7, 11) is 0. The number of hydrogen-bond donors (Lipinski definition) is 3. The maximum Gasteiger partial charge on any atom is 0.273 e. The van der Waals surface area contributed by atoms with Crippen molar-refractivity contribution < 1.29 is 28.8 Å². The first-order valence-electron chi connectivity index (χ1n) is 16.0. The van der Waals surface area contributed by atoms with E-state index >= 15 is 0 Å². The van der Waals surface area contributed by atoms with E-state index in [1.165, 1.54) is 32.9 Å². The minimum absolute atomic E-state index is 0.0512. The average molecular weight is 652 g/mol. The third-order valence-electron chi connectivity index (χ3n) is 9.11. The van der Waals surface area contributed by atoms with E-state index in [9.17, 15) is 28.8 Å². The van der Waals surface area contributed by atoms with E-state index in [1.807, 2.05) is 0 Å². The molecule has 0 radical (unpaired) electrons. The molecule has 3 aromatic heterocycles. The van der Waals surface area contributed by atoms with E-state index in [2.05, 4.69) is 30.9 Å². The van der Waals surface area contributed by atoms with E-state index in [1.54, 1.807) is 36.4 Å². The number of carbonyl (C=O) groups is 6. The highest BCUT2D eigenvalue weighted by Crippen LogP contribution is 2.26. The summed E-state index contributed by atoms with van der Waals surface area (Å²) in [5.41, 5.74) is 0.153. The fraction of sp³-hybridized carbons (Fsp3) is 0.364. The molecule has 15 nitrogen and oxygen atoms in total. The Morgan fingerprint density at radius 1 is 0.458 bits per heavy atom. The van der Waals surface area contributed by atoms with Crippen LogP contribution in [0.25, 0.3) is 0 Å². The van der Waals surface area contributed by atoms with E-state index < -0.39 is 53.6 Å². The molecule has 4 aliphatic rings. The number of hydrogen-bond acceptors (Lipinski definition) is 9. The molecule has 48 heavy (non-hydrogen) atoms. The summed E-state index contributed by atoms with van der Waals surface area (Å²) in [5, 5.41) is 8.23. The van der Waals surface area contributed by atoms with Crippen molar-refractivity contribution in [2.24, 2.45) is 0 Å². The largest absolute Gasteiger partial charge is 0.325 e. The lowest BCUT2D eigenvalue weighted by molar-refractivity contribution is -0.120. The Hall–Kier alpha value is -5.73. The Morgan fingerprint density at radius 3 is 1.04 bits per heavy atom. The van der Waals surface area contributed by atoms with E-state index in [4.69, 9.17) is 0 Å². The summed E-state index contributed by atoms with van der Waals surface area (Å²) >= 11 is 0. The van der Waals surface area contributed by atoms with Gasteiger partial charge in [-0.15, -0.1) is 0 Å². The lowest BCUT2D eigenvalue weighted by atomic mass is 10.2. The van der Waals surface area contributed by atoms with Crippen molar-refractivity contribution in [3.63, 3.8) is 0 Å². The molecule has 7 heterocycles. The van der Waals surface area contributed by atoms with Gasteiger partial charge in [-0.25, -0.2) is 15.0 Å². The van der Waals surface area contributed by atoms with Crippen LogP contribution < -0.4 is 16.0 Å². The smallest absolute Gasteiger partial charge is 0.273 e. The summed E-state index contributed by atoms with van der Waals surface area (Å²) in [6, 6.07) is 11.5. The van der Waals surface area contributed by atoms with Crippen molar-refractivity contribution in [2.45, 2.75) is 56.7 Å². The van der Waals surface area contributed by atoms with E-state index in [0.717, 1.165) is 0 Å². The molecular weight excluding hydrogens is 618 g/mol. The van der Waals surface area contributed by atoms with Crippen molar-refractivity contribution in [2.75, 3.05) is 35.6 Å². The molecule has 0 spiro atoms. The standard InChI is InChI=1S/C33H33N9O6/c43-28-22-10-5-17-41(22)32(47)20-8-2-15-27(35-20)39-30(45)24-12-6-18-42(24)33(48)21-9-3-14-26(36-21)38-29(44)23-11-4-16-40(23)31(46)19-7-1-13-25(34-19)37-28/h1-3,7-9,13-15,22-24H,4-6,10-12,16-18H2,(H,34,37,43)(H,36,38,44)(H,35,39,45)/t22-,23-,24-/m0/s1. The number of anilines is 3. The van der Waals surface area contributed by atoms with Crippen LogP contribution in [0.1, 0.15) is 70.0 Å². The van der Waals surface area contributed by atoms with Gasteiger partial charge >= 0.3 is 0 Å². The van der Waals surface area contributed by atoms with Crippen LogP contribution in [-0.2, 0) is 14.4 Å². The molecule has 0 aromatic carbocycles. The van der Waals surface area contributed by atoms with Crippen LogP contribution in [0.3, 0.4) is 0 Å². The third-order valence-corrected chi connectivity index (χ3v) is 9.11. The molecule has 6 amide bonds. The number of amides is 6. The lowest BCUT2D eigenvalue weighted by Crippen LogP contribution is -2.45. The highest BCUT2D eigenvalue weighted by atomic mass is 16.2. The number of nitrogens with zero attached hydrogens (tertiary/aromatic N) is 6. The minimum Gasteiger partial charge on any atom is -0.325 e. The van der Waals surface area contributed by atoms with Gasteiger partial charge in [-0.05, 0) is 74.9 Å². The van der Waals surface area contributed by atoms with Crippen molar-refractivity contribution in [3.05, 3.63) is 71.7 Å². The zero-order chi connectivity index (χ0) is 33.4. The quantitative estimate of drug-likeness (QED) is 0.326. The van der Waals surface area contributed by atoms with Crippen LogP contribution in [0.5, 0.6) is 0 Å². The molecular formula is C33H33N9O6. The van der Waals surface area contributed by atoms with Crippen molar-refractivity contribution in [1.82, 2.24) is 29.7 Å². The molecule has 0 unspecified atom stereocenters. The van der Waals surface area contributed by atoms with Gasteiger partial charge < -0.3 is 30.7 Å². The van der Waals surface area contributed by atoms with Gasteiger partial charge in [0, 0.05) is 19.6 Å². The molecule has 4 aliphatic heterocycles. The number of pyridine rings is 3. The molecule has 0 saturated carbocycles. The maximum absolute atomic E-state index is 13.6. The second-order valence-electron chi connectivity index (χ2n) is 12.2. The second kappa shape index (κ2) is 12.8. The first kappa shape index (κ1) is 30.9. The highest BCUT2D eigenvalue weighted by molar-refractivity contribution is 6.04. The van der Waals surface area contributed by atoms with Gasteiger partial charge in [-0.3, -0.25) is 28.8 Å². The number of nitrogens with one attached hydrogen (secondary N) is 3.